The molecule has 0 atom stereocenters. The number of hydrogen-bond donors (Lipinski definition) is 2. The molecule has 13 heavy (non-hydrogen) atoms. The zero-order valence-electron chi connectivity index (χ0n) is 8.00. The van der Waals surface area contributed by atoms with Gasteiger partial charge in [-0.3, -0.25) is 4.79 Å². The van der Waals surface area contributed by atoms with Crippen LogP contribution in [0.15, 0.2) is 18.3 Å². The van der Waals surface area contributed by atoms with Gasteiger partial charge in [0.15, 0.2) is 0 Å². The highest BCUT2D eigenvalue weighted by molar-refractivity contribution is 5.93. The van der Waals surface area contributed by atoms with Crippen molar-refractivity contribution in [2.24, 2.45) is 0 Å². The Morgan fingerprint density at radius 2 is 2.46 bits per heavy atom. The van der Waals surface area contributed by atoms with Gasteiger partial charge in [0.1, 0.15) is 5.82 Å². The van der Waals surface area contributed by atoms with Crippen LogP contribution in [-0.2, 0) is 4.79 Å². The summed E-state index contributed by atoms with van der Waals surface area (Å²) in [5, 5.41) is 2.99. The van der Waals surface area contributed by atoms with Crippen molar-refractivity contribution in [3.63, 3.8) is 0 Å². The number of nitrogens with one attached hydrogen (secondary N) is 2. The number of hydrogen-bond acceptors (Lipinski definition) is 2. The minimum Gasteiger partial charge on any atom is -0.348 e. The van der Waals surface area contributed by atoms with E-state index in [9.17, 15) is 4.79 Å². The van der Waals surface area contributed by atoms with Gasteiger partial charge in [-0.2, -0.15) is 0 Å². The fourth-order valence-corrected chi connectivity index (χ4v) is 1.01. The smallest absolute Gasteiger partial charge is 0.241 e. The summed E-state index contributed by atoms with van der Waals surface area (Å²) in [6, 6.07) is 3.73. The number of carbonyl (C=O) groups is 1. The molecule has 0 aliphatic rings. The average molecular weight is 181 g/mol. The molecule has 1 aromatic rings. The van der Waals surface area contributed by atoms with Gasteiger partial charge < -0.3 is 15.2 Å². The summed E-state index contributed by atoms with van der Waals surface area (Å²) in [5.41, 5.74) is 0. The summed E-state index contributed by atoms with van der Waals surface area (Å²) < 4.78 is 0. The first-order chi connectivity index (χ1) is 6.25. The molecule has 0 aliphatic carbocycles. The van der Waals surface area contributed by atoms with Gasteiger partial charge in [-0.1, -0.05) is 6.92 Å². The topological polar surface area (TPSA) is 48.1 Å². The summed E-state index contributed by atoms with van der Waals surface area (Å²) in [6.07, 6.45) is 1.80. The summed E-state index contributed by atoms with van der Waals surface area (Å²) >= 11 is 0. The molecule has 0 spiro atoms. The number of aromatic amines is 1. The van der Waals surface area contributed by atoms with Gasteiger partial charge in [0.05, 0.1) is 6.54 Å². The average Bonchev–Trinajstić information content (AvgIpc) is 2.65. The van der Waals surface area contributed by atoms with Crippen molar-refractivity contribution < 1.29 is 4.79 Å². The van der Waals surface area contributed by atoms with Crippen molar-refractivity contribution in [3.8, 4) is 0 Å². The Morgan fingerprint density at radius 3 is 3.00 bits per heavy atom. The quantitative estimate of drug-likeness (QED) is 0.714. The molecule has 72 valence electrons. The Hall–Kier alpha value is -1.29. The van der Waals surface area contributed by atoms with Crippen LogP contribution >= 0.6 is 0 Å². The Balaban J connectivity index is 2.48. The molecule has 0 aliphatic heterocycles. The predicted molar refractivity (Wildman–Crippen MR) is 52.7 cm³/mol. The number of carbonyl (C=O) groups excluding carboxylic acids is 1. The molecule has 4 heteroatoms. The number of rotatable bonds is 4. The summed E-state index contributed by atoms with van der Waals surface area (Å²) in [6.45, 7) is 3.16. The second kappa shape index (κ2) is 4.67. The number of likely N-dealkylation sites (N-methyl/N-ethyl adjacent to an activating group) is 2. The van der Waals surface area contributed by atoms with Crippen LogP contribution in [0.4, 0.5) is 5.82 Å². The maximum absolute atomic E-state index is 11.4. The molecule has 4 nitrogen and oxygen atoms in total. The lowest BCUT2D eigenvalue weighted by molar-refractivity contribution is -0.117. The van der Waals surface area contributed by atoms with E-state index in [0.29, 0.717) is 6.54 Å². The molecule has 1 heterocycles. The van der Waals surface area contributed by atoms with Crippen molar-refractivity contribution in [2.75, 3.05) is 25.0 Å². The van der Waals surface area contributed by atoms with Gasteiger partial charge in [-0.25, -0.2) is 0 Å². The molecule has 0 saturated carbocycles. The zero-order valence-corrected chi connectivity index (χ0v) is 8.00. The monoisotopic (exact) mass is 181 g/mol. The van der Waals surface area contributed by atoms with E-state index in [2.05, 4.69) is 10.3 Å². The number of nitrogens with zero attached hydrogens (tertiary/aromatic N) is 1. The first-order valence-corrected chi connectivity index (χ1v) is 4.36. The van der Waals surface area contributed by atoms with Crippen LogP contribution in [0.5, 0.6) is 0 Å². The lowest BCUT2D eigenvalue weighted by atomic mass is 10.4. The van der Waals surface area contributed by atoms with Gasteiger partial charge in [0.2, 0.25) is 5.91 Å². The summed E-state index contributed by atoms with van der Waals surface area (Å²) in [5.74, 6) is 0.882. The number of H-pyrrole nitrogens is 1. The number of amides is 1. The van der Waals surface area contributed by atoms with Crippen LogP contribution in [0.25, 0.3) is 0 Å². The highest BCUT2D eigenvalue weighted by Crippen LogP contribution is 2.06. The number of anilines is 1. The first-order valence-electron chi connectivity index (χ1n) is 4.36. The van der Waals surface area contributed by atoms with Gasteiger partial charge in [-0.05, 0) is 18.7 Å². The van der Waals surface area contributed by atoms with Crippen LogP contribution in [-0.4, -0.2) is 31.0 Å². The molecule has 0 radical (unpaired) electrons. The molecule has 1 aromatic heterocycles. The Morgan fingerprint density at radius 1 is 1.69 bits per heavy atom. The minimum atomic E-state index is 0.0595. The summed E-state index contributed by atoms with van der Waals surface area (Å²) in [4.78, 5) is 16.0. The van der Waals surface area contributed by atoms with Crippen molar-refractivity contribution in [1.82, 2.24) is 10.3 Å². The Kier molecular flexibility index (Phi) is 3.52. The van der Waals surface area contributed by atoms with Gasteiger partial charge >= 0.3 is 0 Å². The SMILES string of the molecule is CCNCC(=O)N(C)c1ccc[nH]1. The van der Waals surface area contributed by atoms with Crippen LogP contribution in [0.2, 0.25) is 0 Å². The van der Waals surface area contributed by atoms with E-state index in [-0.39, 0.29) is 5.91 Å². The van der Waals surface area contributed by atoms with Crippen molar-refractivity contribution in [1.29, 1.82) is 0 Å². The maximum atomic E-state index is 11.4. The fraction of sp³-hybridized carbons (Fsp3) is 0.444. The predicted octanol–water partition coefficient (Wildman–Crippen LogP) is 0.587. The van der Waals surface area contributed by atoms with Crippen LogP contribution in [0.1, 0.15) is 6.92 Å². The highest BCUT2D eigenvalue weighted by Gasteiger charge is 2.09. The lowest BCUT2D eigenvalue weighted by Crippen LogP contribution is -2.35. The zero-order chi connectivity index (χ0) is 9.68. The molecular weight excluding hydrogens is 166 g/mol. The van der Waals surface area contributed by atoms with E-state index in [4.69, 9.17) is 0 Å². The molecule has 1 rings (SSSR count). The molecule has 0 fully saturated rings. The van der Waals surface area contributed by atoms with E-state index in [1.165, 1.54) is 0 Å². The highest BCUT2D eigenvalue weighted by atomic mass is 16.2. The van der Waals surface area contributed by atoms with E-state index in [0.717, 1.165) is 12.4 Å². The molecule has 0 aromatic carbocycles. The molecule has 2 N–H and O–H groups in total. The second-order valence-electron chi connectivity index (χ2n) is 2.79. The van der Waals surface area contributed by atoms with Crippen molar-refractivity contribution in [2.45, 2.75) is 6.92 Å². The largest absolute Gasteiger partial charge is 0.348 e. The molecule has 0 unspecified atom stereocenters. The molecule has 1 amide bonds. The van der Waals surface area contributed by atoms with E-state index in [1.54, 1.807) is 18.1 Å². The van der Waals surface area contributed by atoms with Crippen LogP contribution in [0.3, 0.4) is 0 Å². The normalized spacial score (nSPS) is 10.0. The third-order valence-electron chi connectivity index (χ3n) is 1.84. The number of aromatic nitrogens is 1. The van der Waals surface area contributed by atoms with Gasteiger partial charge in [0.25, 0.3) is 0 Å². The van der Waals surface area contributed by atoms with E-state index >= 15 is 0 Å². The van der Waals surface area contributed by atoms with Gasteiger partial charge in [0, 0.05) is 13.2 Å². The lowest BCUT2D eigenvalue weighted by Gasteiger charge is -2.14. The summed E-state index contributed by atoms with van der Waals surface area (Å²) in [7, 11) is 1.76. The maximum Gasteiger partial charge on any atom is 0.241 e. The Bertz CT molecular complexity index is 256. The molecule has 0 bridgehead atoms. The van der Waals surface area contributed by atoms with E-state index < -0.39 is 0 Å². The standard InChI is InChI=1S/C9H15N3O/c1-3-10-7-9(13)12(2)8-5-4-6-11-8/h4-6,10-11H,3,7H2,1-2H3. The third kappa shape index (κ3) is 2.59. The Labute approximate surface area is 77.9 Å². The molecular formula is C9H15N3O. The minimum absolute atomic E-state index is 0.0595. The third-order valence-corrected chi connectivity index (χ3v) is 1.84. The first kappa shape index (κ1) is 9.80. The molecule has 0 saturated heterocycles. The van der Waals surface area contributed by atoms with Crippen molar-refractivity contribution in [3.05, 3.63) is 18.3 Å². The van der Waals surface area contributed by atoms with E-state index in [1.807, 2.05) is 19.1 Å². The second-order valence-corrected chi connectivity index (χ2v) is 2.79. The fourth-order valence-electron chi connectivity index (χ4n) is 1.01. The van der Waals surface area contributed by atoms with Crippen LogP contribution in [0, 0.1) is 0 Å². The van der Waals surface area contributed by atoms with Gasteiger partial charge in [-0.15, -0.1) is 0 Å². The van der Waals surface area contributed by atoms with Crippen molar-refractivity contribution >= 4 is 11.7 Å². The van der Waals surface area contributed by atoms with Crippen LogP contribution < -0.4 is 10.2 Å².